The summed E-state index contributed by atoms with van der Waals surface area (Å²) in [6.45, 7) is 0. The van der Waals surface area contributed by atoms with Crippen molar-refractivity contribution in [3.8, 4) is 0 Å². The third-order valence-corrected chi connectivity index (χ3v) is 5.17. The largest absolute Gasteiger partial charge is 0.298 e. The highest BCUT2D eigenvalue weighted by Gasteiger charge is 2.07. The number of hydrogen-bond donors (Lipinski definition) is 1. The third kappa shape index (κ3) is 4.51. The highest BCUT2D eigenvalue weighted by Crippen LogP contribution is 2.24. The van der Waals surface area contributed by atoms with Crippen LogP contribution in [0.1, 0.15) is 15.3 Å². The maximum Gasteiger partial charge on any atom is 0.250 e. The van der Waals surface area contributed by atoms with Gasteiger partial charge in [-0.05, 0) is 29.2 Å². The standard InChI is InChI=1S/C17H13ClN2OS2/c18-15-6-2-1-4-12(15)10-14-11-19-17(23-14)20-16(21)8-7-13-5-3-9-22-13/h1-9,11H,10H2,(H,19,20,21)/b8-7-. The number of benzene rings is 1. The Morgan fingerprint density at radius 3 is 2.91 bits per heavy atom. The van der Waals surface area contributed by atoms with E-state index >= 15 is 0 Å². The van der Waals surface area contributed by atoms with E-state index in [4.69, 9.17) is 11.6 Å². The third-order valence-electron chi connectivity index (χ3n) is 3.05. The molecule has 1 N–H and O–H groups in total. The summed E-state index contributed by atoms with van der Waals surface area (Å²) in [7, 11) is 0. The fourth-order valence-electron chi connectivity index (χ4n) is 1.97. The first-order valence-electron chi connectivity index (χ1n) is 6.91. The van der Waals surface area contributed by atoms with Crippen molar-refractivity contribution in [1.29, 1.82) is 0 Å². The van der Waals surface area contributed by atoms with Crippen molar-refractivity contribution in [2.75, 3.05) is 5.32 Å². The minimum atomic E-state index is -0.183. The van der Waals surface area contributed by atoms with Gasteiger partial charge in [0.05, 0.1) is 0 Å². The lowest BCUT2D eigenvalue weighted by atomic mass is 10.1. The average Bonchev–Trinajstić information content (AvgIpc) is 3.19. The van der Waals surface area contributed by atoms with Crippen LogP contribution in [0, 0.1) is 0 Å². The zero-order valence-electron chi connectivity index (χ0n) is 12.0. The Kier molecular flexibility index (Phi) is 5.23. The Morgan fingerprint density at radius 2 is 2.13 bits per heavy atom. The molecule has 0 radical (unpaired) electrons. The molecule has 0 saturated carbocycles. The van der Waals surface area contributed by atoms with Gasteiger partial charge in [-0.3, -0.25) is 10.1 Å². The van der Waals surface area contributed by atoms with E-state index in [1.807, 2.05) is 41.8 Å². The summed E-state index contributed by atoms with van der Waals surface area (Å²) in [5.74, 6) is -0.183. The number of amides is 1. The smallest absolute Gasteiger partial charge is 0.250 e. The van der Waals surface area contributed by atoms with E-state index in [0.29, 0.717) is 11.6 Å². The lowest BCUT2D eigenvalue weighted by Gasteiger charge is -2.00. The molecule has 0 aliphatic heterocycles. The van der Waals surface area contributed by atoms with Gasteiger partial charge >= 0.3 is 0 Å². The minimum absolute atomic E-state index is 0.183. The zero-order valence-corrected chi connectivity index (χ0v) is 14.4. The van der Waals surface area contributed by atoms with Gasteiger partial charge < -0.3 is 0 Å². The van der Waals surface area contributed by atoms with Gasteiger partial charge in [0.15, 0.2) is 5.13 Å². The summed E-state index contributed by atoms with van der Waals surface area (Å²) < 4.78 is 0. The maximum atomic E-state index is 11.9. The molecule has 0 unspecified atom stereocenters. The van der Waals surface area contributed by atoms with Crippen LogP contribution in [0.3, 0.4) is 0 Å². The second-order valence-corrected chi connectivity index (χ2v) is 7.24. The van der Waals surface area contributed by atoms with Crippen LogP contribution in [0.25, 0.3) is 6.08 Å². The fraction of sp³-hybridized carbons (Fsp3) is 0.0588. The summed E-state index contributed by atoms with van der Waals surface area (Å²) in [5.41, 5.74) is 1.05. The second kappa shape index (κ2) is 7.55. The number of halogens is 1. The van der Waals surface area contributed by atoms with Crippen LogP contribution < -0.4 is 5.32 Å². The molecule has 1 aromatic carbocycles. The molecular formula is C17H13ClN2OS2. The molecular weight excluding hydrogens is 348 g/mol. The molecule has 0 aliphatic carbocycles. The number of rotatable bonds is 5. The van der Waals surface area contributed by atoms with Gasteiger partial charge in [0.2, 0.25) is 5.91 Å². The molecule has 0 aliphatic rings. The predicted octanol–water partition coefficient (Wildman–Crippen LogP) is 5.10. The molecule has 0 spiro atoms. The van der Waals surface area contributed by atoms with E-state index in [0.717, 1.165) is 20.3 Å². The Hall–Kier alpha value is -1.95. The summed E-state index contributed by atoms with van der Waals surface area (Å²) in [5, 5.41) is 6.08. The van der Waals surface area contributed by atoms with E-state index < -0.39 is 0 Å². The molecule has 2 aromatic heterocycles. The van der Waals surface area contributed by atoms with E-state index in [1.54, 1.807) is 23.6 Å². The Labute approximate surface area is 147 Å². The van der Waals surface area contributed by atoms with Crippen molar-refractivity contribution in [2.24, 2.45) is 0 Å². The van der Waals surface area contributed by atoms with Gasteiger partial charge in [-0.2, -0.15) is 0 Å². The minimum Gasteiger partial charge on any atom is -0.298 e. The number of anilines is 1. The number of nitrogens with zero attached hydrogens (tertiary/aromatic N) is 1. The van der Waals surface area contributed by atoms with Gasteiger partial charge in [-0.25, -0.2) is 4.98 Å². The summed E-state index contributed by atoms with van der Waals surface area (Å²) in [6, 6.07) is 11.6. The Balaban J connectivity index is 1.61. The number of carbonyl (C=O) groups is 1. The lowest BCUT2D eigenvalue weighted by molar-refractivity contribution is -0.111. The van der Waals surface area contributed by atoms with Crippen molar-refractivity contribution >= 4 is 51.4 Å². The van der Waals surface area contributed by atoms with E-state index in [9.17, 15) is 4.79 Å². The Bertz CT molecular complexity index is 825. The van der Waals surface area contributed by atoms with Crippen LogP contribution in [0.15, 0.2) is 54.1 Å². The molecule has 0 saturated heterocycles. The summed E-state index contributed by atoms with van der Waals surface area (Å²) >= 11 is 9.20. The van der Waals surface area contributed by atoms with Gasteiger partial charge in [0, 0.05) is 33.5 Å². The molecule has 23 heavy (non-hydrogen) atoms. The number of thiophene rings is 1. The number of nitrogens with one attached hydrogen (secondary N) is 1. The van der Waals surface area contributed by atoms with Crippen LogP contribution in [-0.2, 0) is 11.2 Å². The van der Waals surface area contributed by atoms with Crippen molar-refractivity contribution in [3.63, 3.8) is 0 Å². The number of aromatic nitrogens is 1. The topological polar surface area (TPSA) is 42.0 Å². The molecule has 116 valence electrons. The number of hydrogen-bond acceptors (Lipinski definition) is 4. The van der Waals surface area contributed by atoms with Gasteiger partial charge in [-0.15, -0.1) is 22.7 Å². The molecule has 1 amide bonds. The molecule has 0 bridgehead atoms. The van der Waals surface area contributed by atoms with E-state index in [2.05, 4.69) is 10.3 Å². The first-order chi connectivity index (χ1) is 11.2. The first-order valence-corrected chi connectivity index (χ1v) is 8.99. The van der Waals surface area contributed by atoms with Crippen LogP contribution >= 0.6 is 34.3 Å². The maximum absolute atomic E-state index is 11.9. The average molecular weight is 361 g/mol. The predicted molar refractivity (Wildman–Crippen MR) is 98.4 cm³/mol. The van der Waals surface area contributed by atoms with Gasteiger partial charge in [-0.1, -0.05) is 35.9 Å². The normalized spacial score (nSPS) is 11.0. The van der Waals surface area contributed by atoms with Gasteiger partial charge in [0.25, 0.3) is 0 Å². The summed E-state index contributed by atoms with van der Waals surface area (Å²) in [6.07, 6.45) is 5.78. The molecule has 3 aromatic rings. The Morgan fingerprint density at radius 1 is 1.26 bits per heavy atom. The molecule has 2 heterocycles. The van der Waals surface area contributed by atoms with Gasteiger partial charge in [0.1, 0.15) is 0 Å². The highest BCUT2D eigenvalue weighted by atomic mass is 35.5. The molecule has 3 nitrogen and oxygen atoms in total. The monoisotopic (exact) mass is 360 g/mol. The molecule has 0 atom stereocenters. The number of thiazole rings is 1. The highest BCUT2D eigenvalue weighted by molar-refractivity contribution is 7.15. The van der Waals surface area contributed by atoms with Crippen molar-refractivity contribution in [1.82, 2.24) is 4.98 Å². The lowest BCUT2D eigenvalue weighted by Crippen LogP contribution is -2.06. The first kappa shape index (κ1) is 15.9. The van der Waals surface area contributed by atoms with Crippen molar-refractivity contribution in [2.45, 2.75) is 6.42 Å². The quantitative estimate of drug-likeness (QED) is 0.643. The van der Waals surface area contributed by atoms with E-state index in [-0.39, 0.29) is 5.91 Å². The van der Waals surface area contributed by atoms with Crippen LogP contribution in [-0.4, -0.2) is 10.9 Å². The van der Waals surface area contributed by atoms with Crippen LogP contribution in [0.2, 0.25) is 5.02 Å². The SMILES string of the molecule is O=C(/C=C\c1cccs1)Nc1ncc(Cc2ccccc2Cl)s1. The van der Waals surface area contributed by atoms with Crippen LogP contribution in [0.4, 0.5) is 5.13 Å². The zero-order chi connectivity index (χ0) is 16.1. The number of carbonyl (C=O) groups excluding carboxylic acids is 1. The van der Waals surface area contributed by atoms with Crippen molar-refractivity contribution in [3.05, 3.63) is 74.4 Å². The molecule has 0 fully saturated rings. The fourth-order valence-corrected chi connectivity index (χ4v) is 3.63. The molecule has 6 heteroatoms. The van der Waals surface area contributed by atoms with Crippen LogP contribution in [0.5, 0.6) is 0 Å². The molecule has 3 rings (SSSR count). The van der Waals surface area contributed by atoms with E-state index in [1.165, 1.54) is 17.4 Å². The second-order valence-electron chi connectivity index (χ2n) is 4.74. The summed E-state index contributed by atoms with van der Waals surface area (Å²) in [4.78, 5) is 18.2. The van der Waals surface area contributed by atoms with Crippen molar-refractivity contribution < 1.29 is 4.79 Å².